The van der Waals surface area contributed by atoms with E-state index < -0.39 is 10.0 Å². The Labute approximate surface area is 149 Å². The number of hydrogen-bond donors (Lipinski definition) is 1. The lowest BCUT2D eigenvalue weighted by molar-refractivity contribution is 0.472. The maximum absolute atomic E-state index is 12.3. The van der Waals surface area contributed by atoms with Crippen LogP contribution in [0, 0.1) is 11.3 Å². The van der Waals surface area contributed by atoms with Gasteiger partial charge in [-0.1, -0.05) is 36.4 Å². The highest BCUT2D eigenvalue weighted by Gasteiger charge is 2.38. The average Bonchev–Trinajstić information content (AvgIpc) is 3.07. The van der Waals surface area contributed by atoms with Gasteiger partial charge in [-0.15, -0.1) is 0 Å². The largest absolute Gasteiger partial charge is 0.380 e. The van der Waals surface area contributed by atoms with Gasteiger partial charge in [-0.2, -0.15) is 9.57 Å². The van der Waals surface area contributed by atoms with Crippen LogP contribution in [0.4, 0.5) is 5.69 Å². The molecule has 6 heteroatoms. The fourth-order valence-electron chi connectivity index (χ4n) is 3.25. The minimum Gasteiger partial charge on any atom is -0.380 e. The molecule has 0 unspecified atom stereocenters. The van der Waals surface area contributed by atoms with E-state index >= 15 is 0 Å². The molecule has 0 aliphatic carbocycles. The Balaban J connectivity index is 1.89. The second-order valence-corrected chi connectivity index (χ2v) is 8.44. The van der Waals surface area contributed by atoms with E-state index in [1.54, 1.807) is 23.4 Å². The molecule has 2 aromatic rings. The highest BCUT2D eigenvalue weighted by Crippen LogP contribution is 2.31. The summed E-state index contributed by atoms with van der Waals surface area (Å²) in [5, 5.41) is 12.5. The van der Waals surface area contributed by atoms with Gasteiger partial charge in [0.05, 0.1) is 17.4 Å². The van der Waals surface area contributed by atoms with Crippen molar-refractivity contribution in [2.45, 2.75) is 18.9 Å². The summed E-state index contributed by atoms with van der Waals surface area (Å²) in [6.07, 6.45) is 0. The van der Waals surface area contributed by atoms with Crippen LogP contribution in [0.3, 0.4) is 0 Å². The highest BCUT2D eigenvalue weighted by atomic mass is 32.2. The van der Waals surface area contributed by atoms with Crippen molar-refractivity contribution in [3.63, 3.8) is 0 Å². The summed E-state index contributed by atoms with van der Waals surface area (Å²) in [6.45, 7) is 2.56. The van der Waals surface area contributed by atoms with Crippen molar-refractivity contribution in [3.8, 4) is 6.07 Å². The molecule has 3 rings (SSSR count). The predicted octanol–water partition coefficient (Wildman–Crippen LogP) is 2.79. The second kappa shape index (κ2) is 7.26. The molecule has 130 valence electrons. The monoisotopic (exact) mass is 355 g/mol. The fraction of sp³-hybridized carbons (Fsp3) is 0.316. The van der Waals surface area contributed by atoms with Gasteiger partial charge in [0.25, 0.3) is 0 Å². The Bertz CT molecular complexity index is 875. The Hall–Kier alpha value is -2.36. The number of sulfonamides is 1. The minimum atomic E-state index is -3.24. The van der Waals surface area contributed by atoms with Gasteiger partial charge in [0.15, 0.2) is 0 Å². The molecule has 2 aromatic carbocycles. The van der Waals surface area contributed by atoms with Crippen molar-refractivity contribution in [2.75, 3.05) is 24.2 Å². The second-order valence-electron chi connectivity index (χ2n) is 6.18. The zero-order valence-corrected chi connectivity index (χ0v) is 14.9. The van der Waals surface area contributed by atoms with Gasteiger partial charge in [-0.25, -0.2) is 8.42 Å². The van der Waals surface area contributed by atoms with Crippen LogP contribution in [0.15, 0.2) is 54.6 Å². The van der Waals surface area contributed by atoms with Crippen molar-refractivity contribution in [1.82, 2.24) is 4.31 Å². The molecular formula is C19H21N3O2S. The predicted molar refractivity (Wildman–Crippen MR) is 98.8 cm³/mol. The summed E-state index contributed by atoms with van der Waals surface area (Å²) in [7, 11) is -3.24. The van der Waals surface area contributed by atoms with E-state index in [1.807, 2.05) is 42.5 Å². The lowest BCUT2D eigenvalue weighted by Crippen LogP contribution is -2.32. The molecule has 0 saturated carbocycles. The Morgan fingerprint density at radius 1 is 1.16 bits per heavy atom. The normalized spacial score (nSPS) is 21.0. The molecule has 0 aromatic heterocycles. The molecule has 1 N–H and O–H groups in total. The SMILES string of the molecule is CCS(=O)(=O)N1C[C@H](Nc2cccc(C#N)c2)[C@@H](c2ccccc2)C1. The number of nitrogens with one attached hydrogen (secondary N) is 1. The molecule has 0 amide bonds. The lowest BCUT2D eigenvalue weighted by Gasteiger charge is -2.21. The smallest absolute Gasteiger partial charge is 0.213 e. The van der Waals surface area contributed by atoms with E-state index in [2.05, 4.69) is 11.4 Å². The van der Waals surface area contributed by atoms with Crippen LogP contribution < -0.4 is 5.32 Å². The first kappa shape index (κ1) is 17.5. The van der Waals surface area contributed by atoms with Gasteiger partial charge in [0.2, 0.25) is 10.0 Å². The van der Waals surface area contributed by atoms with Crippen LogP contribution >= 0.6 is 0 Å². The molecule has 0 radical (unpaired) electrons. The number of rotatable bonds is 5. The molecule has 0 spiro atoms. The van der Waals surface area contributed by atoms with Crippen molar-refractivity contribution in [3.05, 3.63) is 65.7 Å². The van der Waals surface area contributed by atoms with Gasteiger partial charge >= 0.3 is 0 Å². The maximum atomic E-state index is 12.3. The molecule has 1 aliphatic heterocycles. The van der Waals surface area contributed by atoms with Gasteiger partial charge < -0.3 is 5.32 Å². The van der Waals surface area contributed by atoms with Gasteiger partial charge in [0, 0.05) is 30.7 Å². The first-order chi connectivity index (χ1) is 12.0. The van der Waals surface area contributed by atoms with Crippen molar-refractivity contribution in [1.29, 1.82) is 5.26 Å². The number of benzene rings is 2. The minimum absolute atomic E-state index is 0.0438. The topological polar surface area (TPSA) is 73.2 Å². The number of anilines is 1. The third-order valence-electron chi connectivity index (χ3n) is 4.62. The van der Waals surface area contributed by atoms with Gasteiger partial charge in [0.1, 0.15) is 0 Å². The standard InChI is InChI=1S/C19H21N3O2S/c1-2-25(23,24)22-13-18(16-8-4-3-5-9-16)19(14-22)21-17-10-6-7-15(11-17)12-20/h3-11,18-19,21H,2,13-14H2,1H3/t18-,19+/m1/s1. The Kier molecular flexibility index (Phi) is 5.07. The molecule has 1 saturated heterocycles. The van der Waals surface area contributed by atoms with E-state index in [0.717, 1.165) is 11.3 Å². The van der Waals surface area contributed by atoms with Crippen LogP contribution in [0.1, 0.15) is 24.0 Å². The van der Waals surface area contributed by atoms with E-state index in [-0.39, 0.29) is 17.7 Å². The van der Waals surface area contributed by atoms with Crippen LogP contribution in [0.25, 0.3) is 0 Å². The molecule has 25 heavy (non-hydrogen) atoms. The summed E-state index contributed by atoms with van der Waals surface area (Å²) < 4.78 is 26.2. The van der Waals surface area contributed by atoms with Gasteiger partial charge in [-0.3, -0.25) is 0 Å². The summed E-state index contributed by atoms with van der Waals surface area (Å²) in [5.41, 5.74) is 2.53. The fourth-order valence-corrected chi connectivity index (χ4v) is 4.39. The number of nitrogens with zero attached hydrogens (tertiary/aromatic N) is 2. The average molecular weight is 355 g/mol. The molecule has 1 aliphatic rings. The van der Waals surface area contributed by atoms with Crippen molar-refractivity contribution in [2.24, 2.45) is 0 Å². The number of hydrogen-bond acceptors (Lipinski definition) is 4. The van der Waals surface area contributed by atoms with Gasteiger partial charge in [-0.05, 0) is 30.7 Å². The Morgan fingerprint density at radius 3 is 2.60 bits per heavy atom. The van der Waals surface area contributed by atoms with Crippen LogP contribution in [0.2, 0.25) is 0 Å². The zero-order valence-electron chi connectivity index (χ0n) is 14.1. The van der Waals surface area contributed by atoms with Crippen LogP contribution in [-0.4, -0.2) is 37.6 Å². The summed E-state index contributed by atoms with van der Waals surface area (Å²) >= 11 is 0. The first-order valence-corrected chi connectivity index (χ1v) is 9.94. The maximum Gasteiger partial charge on any atom is 0.213 e. The van der Waals surface area contributed by atoms with Crippen LogP contribution in [-0.2, 0) is 10.0 Å². The molecule has 1 fully saturated rings. The van der Waals surface area contributed by atoms with E-state index in [4.69, 9.17) is 5.26 Å². The van der Waals surface area contributed by atoms with Crippen molar-refractivity contribution < 1.29 is 8.42 Å². The third kappa shape index (κ3) is 3.84. The van der Waals surface area contributed by atoms with Crippen molar-refractivity contribution >= 4 is 15.7 Å². The highest BCUT2D eigenvalue weighted by molar-refractivity contribution is 7.89. The molecule has 1 heterocycles. The Morgan fingerprint density at radius 2 is 1.92 bits per heavy atom. The summed E-state index contributed by atoms with van der Waals surface area (Å²) in [5.74, 6) is 0.166. The summed E-state index contributed by atoms with van der Waals surface area (Å²) in [4.78, 5) is 0. The molecule has 5 nitrogen and oxygen atoms in total. The van der Waals surface area contributed by atoms with E-state index in [9.17, 15) is 8.42 Å². The first-order valence-electron chi connectivity index (χ1n) is 8.33. The summed E-state index contributed by atoms with van der Waals surface area (Å²) in [6, 6.07) is 19.3. The lowest BCUT2D eigenvalue weighted by atomic mass is 9.94. The molecule has 0 bridgehead atoms. The number of nitriles is 1. The van der Waals surface area contributed by atoms with E-state index in [0.29, 0.717) is 18.7 Å². The quantitative estimate of drug-likeness (QED) is 0.895. The third-order valence-corrected chi connectivity index (χ3v) is 6.43. The van der Waals surface area contributed by atoms with E-state index in [1.165, 1.54) is 0 Å². The molecule has 2 atom stereocenters. The van der Waals surface area contributed by atoms with Crippen LogP contribution in [0.5, 0.6) is 0 Å². The molecular weight excluding hydrogens is 334 g/mol. The zero-order chi connectivity index (χ0) is 17.9.